The van der Waals surface area contributed by atoms with Crippen LogP contribution in [0.15, 0.2) is 42.7 Å². The van der Waals surface area contributed by atoms with Crippen LogP contribution in [0, 0.1) is 0 Å². The maximum atomic E-state index is 12.3. The lowest BCUT2D eigenvalue weighted by Gasteiger charge is -2.18. The topological polar surface area (TPSA) is 42.0 Å². The van der Waals surface area contributed by atoms with E-state index in [-0.39, 0.29) is 5.78 Å². The van der Waals surface area contributed by atoms with Gasteiger partial charge in [0.05, 0.1) is 0 Å². The molecule has 3 rings (SSSR count). The van der Waals surface area contributed by atoms with Crippen LogP contribution in [0.3, 0.4) is 0 Å². The number of pyridine rings is 1. The largest absolute Gasteiger partial charge is 0.385 e. The zero-order chi connectivity index (χ0) is 12.4. The van der Waals surface area contributed by atoms with Crippen LogP contribution in [0.1, 0.15) is 27.9 Å². The van der Waals surface area contributed by atoms with E-state index in [1.165, 1.54) is 5.56 Å². The first-order chi connectivity index (χ1) is 8.84. The Labute approximate surface area is 106 Å². The molecule has 0 spiro atoms. The van der Waals surface area contributed by atoms with Gasteiger partial charge in [0.1, 0.15) is 0 Å². The fourth-order valence-electron chi connectivity index (χ4n) is 2.28. The van der Waals surface area contributed by atoms with Crippen molar-refractivity contribution < 1.29 is 4.79 Å². The van der Waals surface area contributed by atoms with Crippen LogP contribution < -0.4 is 5.32 Å². The first-order valence-corrected chi connectivity index (χ1v) is 6.16. The SMILES string of the molecule is O=C(c1cccnc1)c1ccc2c(c1)CCCN2. The minimum Gasteiger partial charge on any atom is -0.385 e. The van der Waals surface area contributed by atoms with Crippen LogP contribution in [0.25, 0.3) is 0 Å². The molecule has 1 aromatic carbocycles. The van der Waals surface area contributed by atoms with Gasteiger partial charge in [-0.1, -0.05) is 0 Å². The van der Waals surface area contributed by atoms with Gasteiger partial charge >= 0.3 is 0 Å². The number of nitrogens with zero attached hydrogens (tertiary/aromatic N) is 1. The molecule has 3 heteroatoms. The molecule has 1 aliphatic rings. The standard InChI is InChI=1S/C15H14N2O/c18-15(13-4-1-7-16-10-13)12-5-6-14-11(9-12)3-2-8-17-14/h1,4-7,9-10,17H,2-3,8H2. The van der Waals surface area contributed by atoms with Crippen molar-refractivity contribution in [3.63, 3.8) is 0 Å². The van der Waals surface area contributed by atoms with Crippen LogP contribution in [0.2, 0.25) is 0 Å². The van der Waals surface area contributed by atoms with Crippen molar-refractivity contribution in [1.29, 1.82) is 0 Å². The Morgan fingerprint density at radius 3 is 3.00 bits per heavy atom. The highest BCUT2D eigenvalue weighted by molar-refractivity contribution is 6.09. The number of carbonyl (C=O) groups is 1. The van der Waals surface area contributed by atoms with Gasteiger partial charge in [0.2, 0.25) is 0 Å². The first-order valence-electron chi connectivity index (χ1n) is 6.16. The molecule has 1 aliphatic heterocycles. The maximum Gasteiger partial charge on any atom is 0.194 e. The Balaban J connectivity index is 1.95. The molecule has 0 bridgehead atoms. The van der Waals surface area contributed by atoms with E-state index in [1.807, 2.05) is 18.2 Å². The summed E-state index contributed by atoms with van der Waals surface area (Å²) in [7, 11) is 0. The third-order valence-electron chi connectivity index (χ3n) is 3.23. The lowest BCUT2D eigenvalue weighted by atomic mass is 9.97. The fourth-order valence-corrected chi connectivity index (χ4v) is 2.28. The fraction of sp³-hybridized carbons (Fsp3) is 0.200. The molecule has 0 amide bonds. The monoisotopic (exact) mass is 238 g/mol. The molecule has 0 atom stereocenters. The minimum atomic E-state index is 0.0384. The van der Waals surface area contributed by atoms with Crippen LogP contribution in [0.5, 0.6) is 0 Å². The van der Waals surface area contributed by atoms with E-state index in [0.29, 0.717) is 5.56 Å². The Morgan fingerprint density at radius 2 is 2.17 bits per heavy atom. The summed E-state index contributed by atoms with van der Waals surface area (Å²) >= 11 is 0. The predicted molar refractivity (Wildman–Crippen MR) is 70.9 cm³/mol. The van der Waals surface area contributed by atoms with Crippen molar-refractivity contribution in [2.45, 2.75) is 12.8 Å². The number of aryl methyl sites for hydroxylation is 1. The first kappa shape index (κ1) is 11.0. The number of ketones is 1. The lowest BCUT2D eigenvalue weighted by Crippen LogP contribution is -2.12. The Bertz CT molecular complexity index is 578. The van der Waals surface area contributed by atoms with Crippen molar-refractivity contribution in [2.24, 2.45) is 0 Å². The second kappa shape index (κ2) is 4.61. The molecule has 0 aliphatic carbocycles. The van der Waals surface area contributed by atoms with Gasteiger partial charge in [0, 0.05) is 35.8 Å². The van der Waals surface area contributed by atoms with Gasteiger partial charge in [-0.3, -0.25) is 9.78 Å². The van der Waals surface area contributed by atoms with Crippen molar-refractivity contribution in [2.75, 3.05) is 11.9 Å². The van der Waals surface area contributed by atoms with E-state index in [1.54, 1.807) is 24.5 Å². The number of benzene rings is 1. The average Bonchev–Trinajstić information content (AvgIpc) is 2.47. The van der Waals surface area contributed by atoms with Crippen LogP contribution in [0.4, 0.5) is 5.69 Å². The second-order valence-corrected chi connectivity index (χ2v) is 4.47. The van der Waals surface area contributed by atoms with Gasteiger partial charge in [0.25, 0.3) is 0 Å². The molecular weight excluding hydrogens is 224 g/mol. The number of hydrogen-bond donors (Lipinski definition) is 1. The molecule has 3 nitrogen and oxygen atoms in total. The Hall–Kier alpha value is -2.16. The quantitative estimate of drug-likeness (QED) is 0.818. The van der Waals surface area contributed by atoms with Gasteiger partial charge in [-0.25, -0.2) is 0 Å². The van der Waals surface area contributed by atoms with Gasteiger partial charge in [-0.05, 0) is 48.7 Å². The summed E-state index contributed by atoms with van der Waals surface area (Å²) in [6, 6.07) is 9.46. The zero-order valence-corrected chi connectivity index (χ0v) is 10.0. The number of rotatable bonds is 2. The second-order valence-electron chi connectivity index (χ2n) is 4.47. The predicted octanol–water partition coefficient (Wildman–Crippen LogP) is 2.67. The molecule has 2 aromatic rings. The molecule has 0 saturated heterocycles. The van der Waals surface area contributed by atoms with Crippen LogP contribution in [-0.2, 0) is 6.42 Å². The molecule has 0 saturated carbocycles. The number of aromatic nitrogens is 1. The number of carbonyl (C=O) groups excluding carboxylic acids is 1. The van der Waals surface area contributed by atoms with E-state index >= 15 is 0 Å². The Morgan fingerprint density at radius 1 is 1.22 bits per heavy atom. The molecular formula is C15H14N2O. The highest BCUT2D eigenvalue weighted by atomic mass is 16.1. The molecule has 18 heavy (non-hydrogen) atoms. The summed E-state index contributed by atoms with van der Waals surface area (Å²) in [5.41, 5.74) is 3.77. The van der Waals surface area contributed by atoms with E-state index in [9.17, 15) is 4.79 Å². The van der Waals surface area contributed by atoms with Gasteiger partial charge in [-0.2, -0.15) is 0 Å². The van der Waals surface area contributed by atoms with Gasteiger partial charge in [-0.15, -0.1) is 0 Å². The molecule has 2 heterocycles. The third-order valence-corrected chi connectivity index (χ3v) is 3.23. The van der Waals surface area contributed by atoms with Crippen molar-refractivity contribution >= 4 is 11.5 Å². The lowest BCUT2D eigenvalue weighted by molar-refractivity contribution is 0.103. The molecule has 1 aromatic heterocycles. The zero-order valence-electron chi connectivity index (χ0n) is 10.0. The van der Waals surface area contributed by atoms with Crippen LogP contribution >= 0.6 is 0 Å². The van der Waals surface area contributed by atoms with E-state index in [2.05, 4.69) is 10.3 Å². The number of anilines is 1. The van der Waals surface area contributed by atoms with E-state index in [4.69, 9.17) is 0 Å². The smallest absolute Gasteiger partial charge is 0.194 e. The summed E-state index contributed by atoms with van der Waals surface area (Å²) in [4.78, 5) is 16.3. The van der Waals surface area contributed by atoms with Gasteiger partial charge in [0.15, 0.2) is 5.78 Å². The van der Waals surface area contributed by atoms with Crippen molar-refractivity contribution in [3.05, 3.63) is 59.4 Å². The van der Waals surface area contributed by atoms with E-state index in [0.717, 1.165) is 30.6 Å². The number of nitrogens with one attached hydrogen (secondary N) is 1. The summed E-state index contributed by atoms with van der Waals surface area (Å²) in [5.74, 6) is 0.0384. The summed E-state index contributed by atoms with van der Waals surface area (Å²) in [5, 5.41) is 3.34. The number of fused-ring (bicyclic) bond motifs is 1. The van der Waals surface area contributed by atoms with Gasteiger partial charge < -0.3 is 5.32 Å². The summed E-state index contributed by atoms with van der Waals surface area (Å²) < 4.78 is 0. The van der Waals surface area contributed by atoms with Crippen LogP contribution in [-0.4, -0.2) is 17.3 Å². The van der Waals surface area contributed by atoms with Crippen molar-refractivity contribution in [1.82, 2.24) is 4.98 Å². The minimum absolute atomic E-state index is 0.0384. The summed E-state index contributed by atoms with van der Waals surface area (Å²) in [6.45, 7) is 1.02. The highest BCUT2D eigenvalue weighted by Crippen LogP contribution is 2.23. The molecule has 0 fully saturated rings. The van der Waals surface area contributed by atoms with E-state index < -0.39 is 0 Å². The molecule has 0 radical (unpaired) electrons. The average molecular weight is 238 g/mol. The Kier molecular flexibility index (Phi) is 2.81. The summed E-state index contributed by atoms with van der Waals surface area (Å²) in [6.07, 6.45) is 5.45. The highest BCUT2D eigenvalue weighted by Gasteiger charge is 2.13. The third kappa shape index (κ3) is 1.99. The molecule has 1 N–H and O–H groups in total. The molecule has 90 valence electrons. The van der Waals surface area contributed by atoms with Crippen molar-refractivity contribution in [3.8, 4) is 0 Å². The number of hydrogen-bond acceptors (Lipinski definition) is 3. The maximum absolute atomic E-state index is 12.3. The molecule has 0 unspecified atom stereocenters. The normalized spacial score (nSPS) is 13.6.